The highest BCUT2D eigenvalue weighted by Crippen LogP contribution is 2.13. The van der Waals surface area contributed by atoms with Gasteiger partial charge in [0.1, 0.15) is 12.4 Å². The Hall–Kier alpha value is -2.63. The molecular formula is C19H26N6. The minimum atomic E-state index is 0.169. The molecule has 0 amide bonds. The Labute approximate surface area is 149 Å². The number of aromatic nitrogens is 3. The molecule has 2 N–H and O–H groups in total. The van der Waals surface area contributed by atoms with Crippen LogP contribution in [-0.4, -0.2) is 26.8 Å². The average Bonchev–Trinajstić information content (AvgIpc) is 3.25. The van der Waals surface area contributed by atoms with Crippen LogP contribution in [0, 0.1) is 6.92 Å². The number of aryl methyl sites for hydroxylation is 1. The van der Waals surface area contributed by atoms with Crippen molar-refractivity contribution >= 4 is 5.96 Å². The molecule has 6 heteroatoms. The summed E-state index contributed by atoms with van der Waals surface area (Å²) in [7, 11) is 1.97. The predicted molar refractivity (Wildman–Crippen MR) is 100 cm³/mol. The lowest BCUT2D eigenvalue weighted by atomic mass is 10.1. The minimum absolute atomic E-state index is 0.169. The van der Waals surface area contributed by atoms with E-state index in [2.05, 4.69) is 64.2 Å². The SMILES string of the molecule is Cc1nnc(CN=C(NC2CC=CC2)NC(C)c2ccccc2)n1C. The molecule has 0 radical (unpaired) electrons. The van der Waals surface area contributed by atoms with E-state index in [4.69, 9.17) is 4.99 Å². The number of nitrogens with zero attached hydrogens (tertiary/aromatic N) is 4. The van der Waals surface area contributed by atoms with Gasteiger partial charge in [0.05, 0.1) is 6.04 Å². The Morgan fingerprint density at radius 3 is 2.60 bits per heavy atom. The lowest BCUT2D eigenvalue weighted by Crippen LogP contribution is -2.43. The van der Waals surface area contributed by atoms with Gasteiger partial charge in [0.25, 0.3) is 0 Å². The van der Waals surface area contributed by atoms with Gasteiger partial charge in [0, 0.05) is 13.1 Å². The van der Waals surface area contributed by atoms with Crippen LogP contribution in [0.15, 0.2) is 47.5 Å². The van der Waals surface area contributed by atoms with Gasteiger partial charge in [-0.25, -0.2) is 4.99 Å². The number of hydrogen-bond donors (Lipinski definition) is 2. The number of aliphatic imine (C=N–C) groups is 1. The third-order valence-corrected chi connectivity index (χ3v) is 4.56. The molecule has 1 heterocycles. The van der Waals surface area contributed by atoms with Crippen molar-refractivity contribution in [2.75, 3.05) is 0 Å². The van der Waals surface area contributed by atoms with Crippen LogP contribution in [0.3, 0.4) is 0 Å². The fraction of sp³-hybridized carbons (Fsp3) is 0.421. The summed E-state index contributed by atoms with van der Waals surface area (Å²) >= 11 is 0. The van der Waals surface area contributed by atoms with Crippen LogP contribution in [0.1, 0.15) is 43.0 Å². The molecule has 0 saturated carbocycles. The Morgan fingerprint density at radius 1 is 1.24 bits per heavy atom. The average molecular weight is 338 g/mol. The molecule has 1 unspecified atom stereocenters. The zero-order valence-corrected chi connectivity index (χ0v) is 15.1. The Bertz CT molecular complexity index is 739. The molecule has 1 aromatic carbocycles. The summed E-state index contributed by atoms with van der Waals surface area (Å²) in [5.41, 5.74) is 1.23. The minimum Gasteiger partial charge on any atom is -0.353 e. The molecule has 0 bridgehead atoms. The molecule has 1 aliphatic rings. The van der Waals surface area contributed by atoms with Gasteiger partial charge in [-0.15, -0.1) is 10.2 Å². The van der Waals surface area contributed by atoms with E-state index in [1.165, 1.54) is 5.56 Å². The van der Waals surface area contributed by atoms with Crippen LogP contribution >= 0.6 is 0 Å². The van der Waals surface area contributed by atoms with E-state index in [-0.39, 0.29) is 6.04 Å². The van der Waals surface area contributed by atoms with Gasteiger partial charge in [-0.1, -0.05) is 42.5 Å². The molecule has 6 nitrogen and oxygen atoms in total. The van der Waals surface area contributed by atoms with Crippen molar-refractivity contribution in [2.24, 2.45) is 12.0 Å². The van der Waals surface area contributed by atoms with Crippen molar-refractivity contribution in [3.8, 4) is 0 Å². The summed E-state index contributed by atoms with van der Waals surface area (Å²) < 4.78 is 1.97. The van der Waals surface area contributed by atoms with Gasteiger partial charge in [-0.05, 0) is 32.3 Å². The number of hydrogen-bond acceptors (Lipinski definition) is 3. The third-order valence-electron chi connectivity index (χ3n) is 4.56. The van der Waals surface area contributed by atoms with Crippen molar-refractivity contribution in [3.63, 3.8) is 0 Å². The molecule has 0 saturated heterocycles. The summed E-state index contributed by atoms with van der Waals surface area (Å²) in [5.74, 6) is 2.56. The first-order valence-electron chi connectivity index (χ1n) is 8.76. The van der Waals surface area contributed by atoms with Gasteiger partial charge in [-0.3, -0.25) is 0 Å². The molecule has 0 spiro atoms. The Kier molecular flexibility index (Phi) is 5.48. The first-order chi connectivity index (χ1) is 12.1. The maximum atomic E-state index is 4.74. The van der Waals surface area contributed by atoms with E-state index in [0.717, 1.165) is 30.5 Å². The van der Waals surface area contributed by atoms with Crippen LogP contribution in [0.2, 0.25) is 0 Å². The van der Waals surface area contributed by atoms with Crippen molar-refractivity contribution in [2.45, 2.75) is 45.3 Å². The molecule has 25 heavy (non-hydrogen) atoms. The van der Waals surface area contributed by atoms with Crippen molar-refractivity contribution in [3.05, 3.63) is 59.7 Å². The summed E-state index contributed by atoms with van der Waals surface area (Å²) in [6.45, 7) is 4.58. The lowest BCUT2D eigenvalue weighted by Gasteiger charge is -2.21. The van der Waals surface area contributed by atoms with E-state index >= 15 is 0 Å². The maximum absolute atomic E-state index is 4.74. The van der Waals surface area contributed by atoms with E-state index < -0.39 is 0 Å². The van der Waals surface area contributed by atoms with Crippen LogP contribution in [-0.2, 0) is 13.6 Å². The van der Waals surface area contributed by atoms with Gasteiger partial charge in [0.15, 0.2) is 11.8 Å². The van der Waals surface area contributed by atoms with Crippen LogP contribution in [0.4, 0.5) is 0 Å². The van der Waals surface area contributed by atoms with Gasteiger partial charge >= 0.3 is 0 Å². The van der Waals surface area contributed by atoms with E-state index in [1.54, 1.807) is 0 Å². The molecule has 3 rings (SSSR count). The van der Waals surface area contributed by atoms with Crippen LogP contribution in [0.5, 0.6) is 0 Å². The van der Waals surface area contributed by atoms with Crippen LogP contribution < -0.4 is 10.6 Å². The molecule has 1 atom stereocenters. The van der Waals surface area contributed by atoms with E-state index in [0.29, 0.717) is 12.6 Å². The normalized spacial score (nSPS) is 16.2. The second-order valence-electron chi connectivity index (χ2n) is 6.45. The summed E-state index contributed by atoms with van der Waals surface area (Å²) in [6.07, 6.45) is 6.48. The molecular weight excluding hydrogens is 312 g/mol. The summed E-state index contributed by atoms with van der Waals surface area (Å²) in [4.78, 5) is 4.74. The first-order valence-corrected chi connectivity index (χ1v) is 8.76. The zero-order chi connectivity index (χ0) is 17.6. The number of guanidine groups is 1. The molecule has 132 valence electrons. The van der Waals surface area contributed by atoms with Gasteiger partial charge in [-0.2, -0.15) is 0 Å². The third kappa shape index (κ3) is 4.47. The Morgan fingerprint density at radius 2 is 1.96 bits per heavy atom. The highest BCUT2D eigenvalue weighted by molar-refractivity contribution is 5.80. The van der Waals surface area contributed by atoms with Gasteiger partial charge in [0.2, 0.25) is 0 Å². The summed E-state index contributed by atoms with van der Waals surface area (Å²) in [5, 5.41) is 15.3. The van der Waals surface area contributed by atoms with E-state index in [9.17, 15) is 0 Å². The smallest absolute Gasteiger partial charge is 0.192 e. The number of benzene rings is 1. The number of rotatable bonds is 5. The first kappa shape index (κ1) is 17.2. The lowest BCUT2D eigenvalue weighted by molar-refractivity contribution is 0.606. The molecule has 2 aromatic rings. The molecule has 0 fully saturated rings. The molecule has 1 aliphatic carbocycles. The van der Waals surface area contributed by atoms with Crippen molar-refractivity contribution < 1.29 is 0 Å². The standard InChI is InChI=1S/C19H26N6/c1-14(16-9-5-4-6-10-16)21-19(22-17-11-7-8-12-17)20-13-18-24-23-15(2)25(18)3/h4-10,14,17H,11-13H2,1-3H3,(H2,20,21,22). The second-order valence-corrected chi connectivity index (χ2v) is 6.45. The van der Waals surface area contributed by atoms with Gasteiger partial charge < -0.3 is 15.2 Å². The monoisotopic (exact) mass is 338 g/mol. The quantitative estimate of drug-likeness (QED) is 0.500. The van der Waals surface area contributed by atoms with Crippen molar-refractivity contribution in [1.29, 1.82) is 0 Å². The fourth-order valence-corrected chi connectivity index (χ4v) is 2.83. The largest absolute Gasteiger partial charge is 0.353 e. The summed E-state index contributed by atoms with van der Waals surface area (Å²) in [6, 6.07) is 11.0. The van der Waals surface area contributed by atoms with Crippen molar-refractivity contribution in [1.82, 2.24) is 25.4 Å². The fourth-order valence-electron chi connectivity index (χ4n) is 2.83. The van der Waals surface area contributed by atoms with Crippen LogP contribution in [0.25, 0.3) is 0 Å². The highest BCUT2D eigenvalue weighted by atomic mass is 15.3. The topological polar surface area (TPSA) is 67.1 Å². The maximum Gasteiger partial charge on any atom is 0.192 e. The number of nitrogens with one attached hydrogen (secondary N) is 2. The zero-order valence-electron chi connectivity index (χ0n) is 15.1. The Balaban J connectivity index is 1.72. The highest BCUT2D eigenvalue weighted by Gasteiger charge is 2.15. The molecule has 0 aliphatic heterocycles. The van der Waals surface area contributed by atoms with E-state index in [1.807, 2.05) is 24.6 Å². The predicted octanol–water partition coefficient (Wildman–Crippen LogP) is 2.64. The second kappa shape index (κ2) is 7.96. The molecule has 1 aromatic heterocycles.